The number of aromatic nitrogens is 2. The molecule has 0 atom stereocenters. The minimum atomic E-state index is -4.58. The van der Waals surface area contributed by atoms with Crippen molar-refractivity contribution >= 4 is 0 Å². The summed E-state index contributed by atoms with van der Waals surface area (Å²) in [6.45, 7) is -0.112. The fraction of sp³-hybridized carbons (Fsp3) is 0.211. The maximum atomic E-state index is 13.2. The van der Waals surface area contributed by atoms with Crippen LogP contribution >= 0.6 is 0 Å². The van der Waals surface area contributed by atoms with Crippen LogP contribution in [0.3, 0.4) is 0 Å². The Bertz CT molecular complexity index is 896. The van der Waals surface area contributed by atoms with Crippen LogP contribution < -0.4 is 4.74 Å². The molecule has 3 rings (SSSR count). The van der Waals surface area contributed by atoms with Crippen molar-refractivity contribution in [2.45, 2.75) is 19.4 Å². The quantitative estimate of drug-likeness (QED) is 0.644. The summed E-state index contributed by atoms with van der Waals surface area (Å²) < 4.78 is 46.4. The minimum absolute atomic E-state index is 0. The third kappa shape index (κ3) is 4.92. The number of ether oxygens (including phenoxy) is 1. The molecule has 0 saturated heterocycles. The molecule has 0 spiro atoms. The average Bonchev–Trinajstić information content (AvgIpc) is 3.02. The second-order valence-corrected chi connectivity index (χ2v) is 5.74. The smallest absolute Gasteiger partial charge is 0.435 e. The molecule has 0 aliphatic rings. The molecule has 1 heterocycles. The van der Waals surface area contributed by atoms with Crippen molar-refractivity contribution in [2.75, 3.05) is 0 Å². The molecule has 0 aliphatic carbocycles. The largest absolute Gasteiger partial charge is 0.491 e. The second kappa shape index (κ2) is 8.61. The molecule has 1 N–H and O–H groups in total. The number of halogens is 3. The van der Waals surface area contributed by atoms with Crippen LogP contribution in [0.1, 0.15) is 16.8 Å². The molecule has 0 fully saturated rings. The van der Waals surface area contributed by atoms with Crippen LogP contribution in [0.2, 0.25) is 0 Å². The number of aliphatic hydroxyl groups excluding tert-OH is 1. The van der Waals surface area contributed by atoms with Crippen LogP contribution in [-0.4, -0.2) is 14.9 Å². The molecule has 0 saturated carbocycles. The fourth-order valence-corrected chi connectivity index (χ4v) is 2.63. The number of alkyl halides is 3. The SMILES string of the molecule is Cn1cc(-c2ccc(OCc3cc[c-]cc3)cc2CO)c(C(F)(F)F)n1.[Cr]. The number of benzene rings is 2. The summed E-state index contributed by atoms with van der Waals surface area (Å²) in [5, 5.41) is 13.1. The van der Waals surface area contributed by atoms with Crippen LogP contribution in [-0.2, 0) is 43.8 Å². The number of hydrogen-bond donors (Lipinski definition) is 1. The minimum Gasteiger partial charge on any atom is -0.491 e. The second-order valence-electron chi connectivity index (χ2n) is 5.74. The van der Waals surface area contributed by atoms with Crippen LogP contribution in [0.25, 0.3) is 11.1 Å². The van der Waals surface area contributed by atoms with Gasteiger partial charge in [-0.25, -0.2) is 0 Å². The summed E-state index contributed by atoms with van der Waals surface area (Å²) in [7, 11) is 1.42. The molecule has 8 heteroatoms. The molecule has 0 amide bonds. The number of nitrogens with zero attached hydrogens (tertiary/aromatic N) is 2. The zero-order chi connectivity index (χ0) is 18.7. The van der Waals surface area contributed by atoms with Crippen LogP contribution in [0.15, 0.2) is 48.7 Å². The first kappa shape index (κ1) is 21.0. The maximum Gasteiger partial charge on any atom is 0.435 e. The molecule has 27 heavy (non-hydrogen) atoms. The molecule has 3 aromatic rings. The van der Waals surface area contributed by atoms with Gasteiger partial charge in [0.2, 0.25) is 0 Å². The van der Waals surface area contributed by atoms with Crippen LogP contribution in [0.5, 0.6) is 5.75 Å². The molecule has 1 aromatic heterocycles. The van der Waals surface area contributed by atoms with E-state index in [4.69, 9.17) is 4.74 Å². The summed E-state index contributed by atoms with van der Waals surface area (Å²) in [6.07, 6.45) is -3.29. The van der Waals surface area contributed by atoms with Gasteiger partial charge in [-0.3, -0.25) is 4.68 Å². The van der Waals surface area contributed by atoms with Gasteiger partial charge < -0.3 is 9.84 Å². The van der Waals surface area contributed by atoms with Crippen molar-refractivity contribution in [2.24, 2.45) is 7.05 Å². The third-order valence-corrected chi connectivity index (χ3v) is 3.83. The topological polar surface area (TPSA) is 47.3 Å². The Morgan fingerprint density at radius 2 is 1.85 bits per heavy atom. The van der Waals surface area contributed by atoms with E-state index in [0.29, 0.717) is 17.9 Å². The summed E-state index contributed by atoms with van der Waals surface area (Å²) in [5.41, 5.74) is 0.486. The fourth-order valence-electron chi connectivity index (χ4n) is 2.63. The Labute approximate surface area is 165 Å². The predicted molar refractivity (Wildman–Crippen MR) is 89.2 cm³/mol. The molecule has 142 valence electrons. The standard InChI is InChI=1S/C19H16F3N2O2.Cr/c1-24-10-17(18(23-24)19(20,21)22)16-8-7-15(9-14(16)11-25)26-12-13-5-3-2-4-6-13;/h3-10,25H,11-12H2,1H3;/q-1;. The molecular formula is C19H16CrF3N2O2-. The van der Waals surface area contributed by atoms with Crippen molar-refractivity contribution in [3.63, 3.8) is 0 Å². The Morgan fingerprint density at radius 3 is 2.48 bits per heavy atom. The monoisotopic (exact) mass is 413 g/mol. The van der Waals surface area contributed by atoms with Gasteiger partial charge in [0.15, 0.2) is 5.69 Å². The molecule has 0 unspecified atom stereocenters. The Hall–Kier alpha value is -2.27. The number of rotatable bonds is 5. The van der Waals surface area contributed by atoms with E-state index in [2.05, 4.69) is 11.2 Å². The van der Waals surface area contributed by atoms with Gasteiger partial charge in [0.25, 0.3) is 0 Å². The number of aliphatic hydroxyl groups is 1. The third-order valence-electron chi connectivity index (χ3n) is 3.83. The molecule has 0 bridgehead atoms. The normalized spacial score (nSPS) is 11.1. The Balaban J connectivity index is 0.00000261. The summed E-state index contributed by atoms with van der Waals surface area (Å²) in [5.74, 6) is 0.461. The van der Waals surface area contributed by atoms with Crippen molar-refractivity contribution in [3.8, 4) is 16.9 Å². The Kier molecular flexibility index (Phi) is 6.71. The van der Waals surface area contributed by atoms with E-state index in [1.165, 1.54) is 25.4 Å². The van der Waals surface area contributed by atoms with Crippen molar-refractivity contribution in [1.29, 1.82) is 0 Å². The van der Waals surface area contributed by atoms with Gasteiger partial charge in [0, 0.05) is 36.2 Å². The van der Waals surface area contributed by atoms with E-state index in [-0.39, 0.29) is 28.5 Å². The van der Waals surface area contributed by atoms with Gasteiger partial charge in [0.05, 0.1) is 13.2 Å². The van der Waals surface area contributed by atoms with Gasteiger partial charge in [-0.2, -0.15) is 48.6 Å². The van der Waals surface area contributed by atoms with E-state index >= 15 is 0 Å². The first-order valence-electron chi connectivity index (χ1n) is 7.81. The summed E-state index contributed by atoms with van der Waals surface area (Å²) in [6, 6.07) is 14.8. The van der Waals surface area contributed by atoms with Crippen molar-refractivity contribution < 1.29 is 40.4 Å². The first-order chi connectivity index (χ1) is 12.4. The summed E-state index contributed by atoms with van der Waals surface area (Å²) in [4.78, 5) is 0. The van der Waals surface area contributed by atoms with E-state index in [1.807, 2.05) is 12.1 Å². The number of hydrogen-bond acceptors (Lipinski definition) is 3. The molecule has 0 radical (unpaired) electrons. The van der Waals surface area contributed by atoms with Gasteiger partial charge in [-0.1, -0.05) is 6.07 Å². The zero-order valence-electron chi connectivity index (χ0n) is 14.3. The molecular weight excluding hydrogens is 397 g/mol. The van der Waals surface area contributed by atoms with Crippen LogP contribution in [0.4, 0.5) is 13.2 Å². The zero-order valence-corrected chi connectivity index (χ0v) is 15.6. The first-order valence-corrected chi connectivity index (χ1v) is 7.81. The summed E-state index contributed by atoms with van der Waals surface area (Å²) >= 11 is 0. The van der Waals surface area contributed by atoms with Crippen molar-refractivity contribution in [3.05, 3.63) is 71.5 Å². The van der Waals surface area contributed by atoms with E-state index in [0.717, 1.165) is 10.2 Å². The number of aryl methyl sites for hydroxylation is 1. The van der Waals surface area contributed by atoms with E-state index in [9.17, 15) is 18.3 Å². The van der Waals surface area contributed by atoms with Crippen molar-refractivity contribution in [1.82, 2.24) is 9.78 Å². The van der Waals surface area contributed by atoms with Gasteiger partial charge in [-0.15, -0.1) is 5.56 Å². The molecule has 0 aliphatic heterocycles. The van der Waals surface area contributed by atoms with Gasteiger partial charge >= 0.3 is 6.18 Å². The van der Waals surface area contributed by atoms with Gasteiger partial charge in [-0.05, 0) is 23.3 Å². The van der Waals surface area contributed by atoms with E-state index < -0.39 is 18.5 Å². The van der Waals surface area contributed by atoms with E-state index in [1.54, 1.807) is 18.2 Å². The van der Waals surface area contributed by atoms with Crippen LogP contribution in [0, 0.1) is 6.07 Å². The molecule has 2 aromatic carbocycles. The maximum absolute atomic E-state index is 13.2. The average molecular weight is 413 g/mol. The molecule has 4 nitrogen and oxygen atoms in total. The van der Waals surface area contributed by atoms with Gasteiger partial charge in [0.1, 0.15) is 5.75 Å². The Morgan fingerprint density at radius 1 is 1.15 bits per heavy atom. The predicted octanol–water partition coefficient (Wildman–Crippen LogP) is 3.97.